The van der Waals surface area contributed by atoms with Crippen LogP contribution in [0.15, 0.2) is 18.2 Å². The minimum absolute atomic E-state index is 0.103. The molecule has 0 saturated heterocycles. The average Bonchev–Trinajstić information content (AvgIpc) is 3.16. The van der Waals surface area contributed by atoms with Gasteiger partial charge in [0.05, 0.1) is 6.26 Å². The zero-order chi connectivity index (χ0) is 23.8. The molecule has 0 saturated carbocycles. The number of amides is 2. The van der Waals surface area contributed by atoms with Gasteiger partial charge in [0, 0.05) is 30.6 Å². The number of carbonyl (C=O) groups excluding carboxylic acids is 2. The van der Waals surface area contributed by atoms with Crippen LogP contribution in [0.3, 0.4) is 0 Å². The Kier molecular flexibility index (Phi) is 10.1. The Bertz CT molecular complexity index is 1020. The van der Waals surface area contributed by atoms with Crippen molar-refractivity contribution in [3.8, 4) is 0 Å². The van der Waals surface area contributed by atoms with E-state index in [4.69, 9.17) is 0 Å². The fraction of sp³-hybridized carbons (Fsp3) is 0.476. The molecule has 1 aliphatic rings. The Balaban J connectivity index is 0.00000113. The van der Waals surface area contributed by atoms with E-state index in [1.807, 2.05) is 49.4 Å². The summed E-state index contributed by atoms with van der Waals surface area (Å²) >= 11 is 1.33. The fourth-order valence-corrected chi connectivity index (χ4v) is 4.40. The number of nitrogens with zero attached hydrogens (tertiary/aromatic N) is 2. The van der Waals surface area contributed by atoms with Crippen molar-refractivity contribution >= 4 is 38.3 Å². The van der Waals surface area contributed by atoms with Gasteiger partial charge in [0.25, 0.3) is 11.8 Å². The SMILES string of the molecule is CC.CC.CNC(=O)c1cccc2c1CN(c1nc(C(=O)NS(C)(=O)=O)c(C)s1)CC2. The Hall–Kier alpha value is -2.46. The monoisotopic (exact) mass is 468 g/mol. The number of hydrogen-bond donors (Lipinski definition) is 2. The van der Waals surface area contributed by atoms with E-state index in [2.05, 4.69) is 10.3 Å². The number of anilines is 1. The largest absolute Gasteiger partial charge is 0.355 e. The average molecular weight is 469 g/mol. The van der Waals surface area contributed by atoms with E-state index >= 15 is 0 Å². The first kappa shape index (κ1) is 26.6. The highest BCUT2D eigenvalue weighted by Crippen LogP contribution is 2.31. The molecule has 0 aliphatic carbocycles. The normalized spacial score (nSPS) is 12.4. The van der Waals surface area contributed by atoms with E-state index in [9.17, 15) is 18.0 Å². The van der Waals surface area contributed by atoms with Gasteiger partial charge in [-0.3, -0.25) is 9.59 Å². The van der Waals surface area contributed by atoms with Crippen LogP contribution in [0.1, 0.15) is 64.5 Å². The molecular weight excluding hydrogens is 436 g/mol. The Morgan fingerprint density at radius 3 is 2.35 bits per heavy atom. The molecule has 172 valence electrons. The van der Waals surface area contributed by atoms with Crippen molar-refractivity contribution < 1.29 is 18.0 Å². The van der Waals surface area contributed by atoms with E-state index < -0.39 is 15.9 Å². The molecule has 0 unspecified atom stereocenters. The molecule has 0 bridgehead atoms. The van der Waals surface area contributed by atoms with Gasteiger partial charge in [-0.1, -0.05) is 39.8 Å². The molecule has 2 N–H and O–H groups in total. The molecule has 10 heteroatoms. The number of aromatic nitrogens is 1. The molecule has 0 spiro atoms. The molecule has 1 aromatic carbocycles. The highest BCUT2D eigenvalue weighted by molar-refractivity contribution is 7.89. The van der Waals surface area contributed by atoms with E-state index in [1.165, 1.54) is 11.3 Å². The van der Waals surface area contributed by atoms with E-state index in [0.29, 0.717) is 28.7 Å². The maximum atomic E-state index is 12.2. The molecule has 1 aliphatic heterocycles. The van der Waals surface area contributed by atoms with Gasteiger partial charge < -0.3 is 10.2 Å². The summed E-state index contributed by atoms with van der Waals surface area (Å²) in [6.07, 6.45) is 1.68. The van der Waals surface area contributed by atoms with Gasteiger partial charge in [-0.15, -0.1) is 11.3 Å². The third kappa shape index (κ3) is 6.76. The van der Waals surface area contributed by atoms with Gasteiger partial charge in [0.1, 0.15) is 5.69 Å². The first-order valence-electron chi connectivity index (χ1n) is 10.3. The zero-order valence-electron chi connectivity index (χ0n) is 19.2. The summed E-state index contributed by atoms with van der Waals surface area (Å²) in [5, 5.41) is 3.28. The highest BCUT2D eigenvalue weighted by Gasteiger charge is 2.26. The van der Waals surface area contributed by atoms with Gasteiger partial charge in [0.15, 0.2) is 5.13 Å². The lowest BCUT2D eigenvalue weighted by molar-refractivity contribution is 0.0958. The zero-order valence-corrected chi connectivity index (χ0v) is 20.8. The Morgan fingerprint density at radius 2 is 1.77 bits per heavy atom. The van der Waals surface area contributed by atoms with Crippen molar-refractivity contribution in [2.24, 2.45) is 0 Å². The van der Waals surface area contributed by atoms with Gasteiger partial charge in [0.2, 0.25) is 10.0 Å². The van der Waals surface area contributed by atoms with Crippen LogP contribution in [0.5, 0.6) is 0 Å². The van der Waals surface area contributed by atoms with Crippen molar-refractivity contribution in [3.63, 3.8) is 0 Å². The number of aryl methyl sites for hydroxylation is 1. The van der Waals surface area contributed by atoms with Gasteiger partial charge >= 0.3 is 0 Å². The van der Waals surface area contributed by atoms with Crippen LogP contribution in [-0.2, 0) is 23.0 Å². The minimum Gasteiger partial charge on any atom is -0.355 e. The van der Waals surface area contributed by atoms with Gasteiger partial charge in [-0.2, -0.15) is 0 Å². The lowest BCUT2D eigenvalue weighted by Gasteiger charge is -2.29. The number of rotatable bonds is 4. The minimum atomic E-state index is -3.65. The summed E-state index contributed by atoms with van der Waals surface area (Å²) in [5.41, 5.74) is 2.79. The molecule has 1 aromatic heterocycles. The summed E-state index contributed by atoms with van der Waals surface area (Å²) in [4.78, 5) is 31.3. The Morgan fingerprint density at radius 1 is 1.13 bits per heavy atom. The number of carbonyl (C=O) groups is 2. The third-order valence-corrected chi connectivity index (χ3v) is 5.88. The third-order valence-electron chi connectivity index (χ3n) is 4.29. The molecule has 8 nitrogen and oxygen atoms in total. The lowest BCUT2D eigenvalue weighted by Crippen LogP contribution is -2.33. The first-order chi connectivity index (χ1) is 14.7. The van der Waals surface area contributed by atoms with Crippen LogP contribution in [-0.4, -0.2) is 45.1 Å². The summed E-state index contributed by atoms with van der Waals surface area (Å²) in [7, 11) is -2.06. The fourth-order valence-electron chi connectivity index (χ4n) is 3.04. The van der Waals surface area contributed by atoms with E-state index in [1.54, 1.807) is 20.0 Å². The topological polar surface area (TPSA) is 108 Å². The standard InChI is InChI=1S/C17H20N4O4S2.2C2H6/c1-10-14(16(23)20-27(3,24)25)19-17(26-10)21-8-7-11-5-4-6-12(13(11)9-21)15(22)18-2;2*1-2/h4-6H,7-9H2,1-3H3,(H,18,22)(H,20,23);2*1-2H3. The maximum absolute atomic E-state index is 12.2. The molecule has 3 rings (SSSR count). The summed E-state index contributed by atoms with van der Waals surface area (Å²) in [6.45, 7) is 10.9. The van der Waals surface area contributed by atoms with Crippen molar-refractivity contribution in [1.29, 1.82) is 0 Å². The summed E-state index contributed by atoms with van der Waals surface area (Å²) in [6, 6.07) is 5.68. The second-order valence-electron chi connectivity index (χ2n) is 6.30. The number of fused-ring (bicyclic) bond motifs is 1. The number of nitrogens with one attached hydrogen (secondary N) is 2. The molecule has 2 aromatic rings. The second-order valence-corrected chi connectivity index (χ2v) is 9.23. The molecule has 0 atom stereocenters. The molecular formula is C21H32N4O4S2. The maximum Gasteiger partial charge on any atom is 0.284 e. The van der Waals surface area contributed by atoms with Gasteiger partial charge in [-0.25, -0.2) is 18.1 Å². The van der Waals surface area contributed by atoms with E-state index in [0.717, 1.165) is 23.8 Å². The van der Waals surface area contributed by atoms with Crippen LogP contribution in [0.2, 0.25) is 0 Å². The number of sulfonamides is 1. The number of benzene rings is 1. The van der Waals surface area contributed by atoms with Crippen LogP contribution < -0.4 is 14.9 Å². The smallest absolute Gasteiger partial charge is 0.284 e. The highest BCUT2D eigenvalue weighted by atomic mass is 32.2. The number of hydrogen-bond acceptors (Lipinski definition) is 7. The van der Waals surface area contributed by atoms with Crippen LogP contribution >= 0.6 is 11.3 Å². The second kappa shape index (κ2) is 11.8. The van der Waals surface area contributed by atoms with Crippen molar-refractivity contribution in [3.05, 3.63) is 45.5 Å². The predicted octanol–water partition coefficient (Wildman–Crippen LogP) is 3.12. The van der Waals surface area contributed by atoms with Crippen LogP contribution in [0.25, 0.3) is 0 Å². The molecule has 0 fully saturated rings. The summed E-state index contributed by atoms with van der Waals surface area (Å²) in [5.74, 6) is -0.877. The van der Waals surface area contributed by atoms with Crippen molar-refractivity contribution in [2.75, 3.05) is 24.7 Å². The molecule has 2 amide bonds. The quantitative estimate of drug-likeness (QED) is 0.714. The molecule has 0 radical (unpaired) electrons. The van der Waals surface area contributed by atoms with Crippen LogP contribution in [0, 0.1) is 6.92 Å². The van der Waals surface area contributed by atoms with Gasteiger partial charge in [-0.05, 0) is 30.5 Å². The molecule has 31 heavy (non-hydrogen) atoms. The van der Waals surface area contributed by atoms with E-state index in [-0.39, 0.29) is 11.6 Å². The van der Waals surface area contributed by atoms with Crippen LogP contribution in [0.4, 0.5) is 5.13 Å². The Labute approximate surface area is 189 Å². The lowest BCUT2D eigenvalue weighted by atomic mass is 9.94. The van der Waals surface area contributed by atoms with Crippen molar-refractivity contribution in [2.45, 2.75) is 47.6 Å². The predicted molar refractivity (Wildman–Crippen MR) is 126 cm³/mol. The first-order valence-corrected chi connectivity index (χ1v) is 13.0. The molecule has 2 heterocycles. The van der Waals surface area contributed by atoms with Crippen molar-refractivity contribution in [1.82, 2.24) is 15.0 Å². The number of thiazole rings is 1. The summed E-state index contributed by atoms with van der Waals surface area (Å²) < 4.78 is 24.5.